The van der Waals surface area contributed by atoms with Crippen LogP contribution in [0.2, 0.25) is 0 Å². The number of aromatic nitrogens is 2. The number of aromatic hydroxyl groups is 1. The minimum Gasteiger partial charge on any atom is -0.507 e. The van der Waals surface area contributed by atoms with Gasteiger partial charge in [-0.1, -0.05) is 0 Å². The maximum absolute atomic E-state index is 11.5. The molecule has 0 fully saturated rings. The third-order valence-corrected chi connectivity index (χ3v) is 3.78. The van der Waals surface area contributed by atoms with Crippen LogP contribution in [0, 0.1) is 0 Å². The molecule has 0 aliphatic carbocycles. The molecule has 2 aromatic rings. The number of nitrogen functional groups attached to an aromatic ring is 1. The number of anilines is 1. The average molecular weight is 267 g/mol. The molecule has 0 aliphatic rings. The van der Waals surface area contributed by atoms with E-state index in [1.807, 2.05) is 0 Å². The predicted molar refractivity (Wildman–Crippen MR) is 67.8 cm³/mol. The van der Waals surface area contributed by atoms with Gasteiger partial charge in [0.1, 0.15) is 11.6 Å². The summed E-state index contributed by atoms with van der Waals surface area (Å²) in [7, 11) is -1.67. The molecule has 96 valence electrons. The fourth-order valence-corrected chi connectivity index (χ4v) is 2.26. The van der Waals surface area contributed by atoms with Gasteiger partial charge in [0.15, 0.2) is 9.84 Å². The van der Waals surface area contributed by atoms with Gasteiger partial charge in [0.25, 0.3) is 0 Å². The van der Waals surface area contributed by atoms with E-state index in [4.69, 9.17) is 5.73 Å². The molecular formula is C11H13N3O3S. The zero-order chi connectivity index (χ0) is 13.5. The highest BCUT2D eigenvalue weighted by Gasteiger charge is 2.15. The number of phenols is 1. The van der Waals surface area contributed by atoms with Gasteiger partial charge in [0.2, 0.25) is 0 Å². The summed E-state index contributed by atoms with van der Waals surface area (Å²) in [5.74, 6) is 0.318. The Hall–Kier alpha value is -2.02. The molecule has 0 radical (unpaired) electrons. The number of phenolic OH excluding ortho intramolecular Hbond substituents is 1. The molecule has 0 aliphatic heterocycles. The van der Waals surface area contributed by atoms with E-state index in [0.717, 1.165) is 6.26 Å². The second-order valence-electron chi connectivity index (χ2n) is 4.02. The Labute approximate surface area is 105 Å². The van der Waals surface area contributed by atoms with Crippen LogP contribution in [0.15, 0.2) is 29.3 Å². The topological polar surface area (TPSA) is 98.2 Å². The number of sulfone groups is 1. The van der Waals surface area contributed by atoms with Crippen LogP contribution in [0.4, 0.5) is 5.82 Å². The number of rotatable bonds is 2. The first-order valence-corrected chi connectivity index (χ1v) is 7.01. The number of benzene rings is 1. The molecule has 0 saturated carbocycles. The van der Waals surface area contributed by atoms with Gasteiger partial charge in [-0.2, -0.15) is 5.10 Å². The van der Waals surface area contributed by atoms with Crippen molar-refractivity contribution in [3.8, 4) is 16.9 Å². The molecule has 1 aromatic carbocycles. The van der Waals surface area contributed by atoms with Gasteiger partial charge >= 0.3 is 0 Å². The highest BCUT2D eigenvalue weighted by Crippen LogP contribution is 2.34. The second-order valence-corrected chi connectivity index (χ2v) is 6.03. The summed E-state index contributed by atoms with van der Waals surface area (Å²) >= 11 is 0. The normalized spacial score (nSPS) is 11.7. The van der Waals surface area contributed by atoms with Gasteiger partial charge < -0.3 is 10.8 Å². The van der Waals surface area contributed by atoms with Crippen molar-refractivity contribution >= 4 is 15.7 Å². The summed E-state index contributed by atoms with van der Waals surface area (Å²) in [6, 6.07) is 4.07. The van der Waals surface area contributed by atoms with Crippen molar-refractivity contribution in [3.63, 3.8) is 0 Å². The first-order valence-electron chi connectivity index (χ1n) is 5.11. The van der Waals surface area contributed by atoms with Crippen molar-refractivity contribution in [2.45, 2.75) is 4.90 Å². The van der Waals surface area contributed by atoms with E-state index in [0.29, 0.717) is 16.9 Å². The largest absolute Gasteiger partial charge is 0.507 e. The van der Waals surface area contributed by atoms with Crippen molar-refractivity contribution < 1.29 is 13.5 Å². The standard InChI is InChI=1S/C11H13N3O3S/c1-14-11(12)9(6-13-14)8-5-7(18(2,16)17)3-4-10(8)15/h3-6,15H,12H2,1-2H3. The fourth-order valence-electron chi connectivity index (χ4n) is 1.62. The summed E-state index contributed by atoms with van der Waals surface area (Å²) < 4.78 is 24.4. The number of hydrogen-bond donors (Lipinski definition) is 2. The van der Waals surface area contributed by atoms with E-state index in [-0.39, 0.29) is 10.6 Å². The van der Waals surface area contributed by atoms with Crippen LogP contribution < -0.4 is 5.73 Å². The van der Waals surface area contributed by atoms with Gasteiger partial charge in [-0.05, 0) is 18.2 Å². The van der Waals surface area contributed by atoms with E-state index >= 15 is 0 Å². The van der Waals surface area contributed by atoms with Crippen LogP contribution in [-0.4, -0.2) is 29.6 Å². The molecule has 1 heterocycles. The van der Waals surface area contributed by atoms with Crippen LogP contribution in [0.3, 0.4) is 0 Å². The Morgan fingerprint density at radius 2 is 2.00 bits per heavy atom. The minimum atomic E-state index is -3.34. The molecule has 0 atom stereocenters. The van der Waals surface area contributed by atoms with Gasteiger partial charge in [-0.15, -0.1) is 0 Å². The molecule has 1 aromatic heterocycles. The van der Waals surface area contributed by atoms with E-state index in [2.05, 4.69) is 5.10 Å². The molecule has 18 heavy (non-hydrogen) atoms. The average Bonchev–Trinajstić information content (AvgIpc) is 2.59. The first kappa shape index (κ1) is 12.4. The molecule has 0 spiro atoms. The monoisotopic (exact) mass is 267 g/mol. The molecule has 3 N–H and O–H groups in total. The molecule has 2 rings (SSSR count). The van der Waals surface area contributed by atoms with Crippen molar-refractivity contribution in [1.29, 1.82) is 0 Å². The molecule has 7 heteroatoms. The third-order valence-electron chi connectivity index (χ3n) is 2.67. The molecule has 0 bridgehead atoms. The molecule has 0 unspecified atom stereocenters. The van der Waals surface area contributed by atoms with Gasteiger partial charge in [-0.3, -0.25) is 4.68 Å². The Balaban J connectivity index is 2.68. The van der Waals surface area contributed by atoms with Crippen molar-refractivity contribution in [2.75, 3.05) is 12.0 Å². The smallest absolute Gasteiger partial charge is 0.175 e. The van der Waals surface area contributed by atoms with Crippen LogP contribution in [-0.2, 0) is 16.9 Å². The van der Waals surface area contributed by atoms with E-state index in [1.165, 1.54) is 29.1 Å². The summed E-state index contributed by atoms with van der Waals surface area (Å²) in [4.78, 5) is 0.124. The second kappa shape index (κ2) is 4.02. The van der Waals surface area contributed by atoms with Crippen molar-refractivity contribution in [1.82, 2.24) is 9.78 Å². The zero-order valence-corrected chi connectivity index (χ0v) is 10.8. The molecule has 0 amide bonds. The summed E-state index contributed by atoms with van der Waals surface area (Å²) in [5, 5.41) is 13.8. The Morgan fingerprint density at radius 3 is 2.50 bits per heavy atom. The minimum absolute atomic E-state index is 0.0397. The van der Waals surface area contributed by atoms with Gasteiger partial charge in [-0.25, -0.2) is 8.42 Å². The molecular weight excluding hydrogens is 254 g/mol. The van der Waals surface area contributed by atoms with E-state index in [9.17, 15) is 13.5 Å². The maximum Gasteiger partial charge on any atom is 0.175 e. The number of hydrogen-bond acceptors (Lipinski definition) is 5. The van der Waals surface area contributed by atoms with Crippen molar-refractivity contribution in [3.05, 3.63) is 24.4 Å². The fraction of sp³-hybridized carbons (Fsp3) is 0.182. The van der Waals surface area contributed by atoms with Crippen LogP contribution in [0.5, 0.6) is 5.75 Å². The lowest BCUT2D eigenvalue weighted by Crippen LogP contribution is -1.99. The maximum atomic E-state index is 11.5. The third kappa shape index (κ3) is 2.04. The van der Waals surface area contributed by atoms with Crippen molar-refractivity contribution in [2.24, 2.45) is 7.05 Å². The summed E-state index contributed by atoms with van der Waals surface area (Å²) in [6.07, 6.45) is 2.59. The SMILES string of the molecule is Cn1ncc(-c2cc(S(C)(=O)=O)ccc2O)c1N. The van der Waals surface area contributed by atoms with Crippen LogP contribution in [0.1, 0.15) is 0 Å². The summed E-state index contributed by atoms with van der Waals surface area (Å²) in [6.45, 7) is 0. The van der Waals surface area contributed by atoms with E-state index < -0.39 is 9.84 Å². The molecule has 0 saturated heterocycles. The quantitative estimate of drug-likeness (QED) is 0.837. The highest BCUT2D eigenvalue weighted by atomic mass is 32.2. The number of aryl methyl sites for hydroxylation is 1. The Morgan fingerprint density at radius 1 is 1.33 bits per heavy atom. The lowest BCUT2D eigenvalue weighted by molar-refractivity contribution is 0.477. The number of nitrogens with two attached hydrogens (primary N) is 1. The summed E-state index contributed by atoms with van der Waals surface area (Å²) in [5.41, 5.74) is 6.65. The van der Waals surface area contributed by atoms with Crippen LogP contribution >= 0.6 is 0 Å². The predicted octanol–water partition coefficient (Wildman–Crippen LogP) is 0.778. The molecule has 6 nitrogen and oxygen atoms in total. The Kier molecular flexibility index (Phi) is 2.78. The van der Waals surface area contributed by atoms with E-state index in [1.54, 1.807) is 7.05 Å². The highest BCUT2D eigenvalue weighted by molar-refractivity contribution is 7.90. The van der Waals surface area contributed by atoms with Gasteiger partial charge in [0, 0.05) is 24.4 Å². The van der Waals surface area contributed by atoms with Crippen LogP contribution in [0.25, 0.3) is 11.1 Å². The Bertz CT molecular complexity index is 704. The zero-order valence-electron chi connectivity index (χ0n) is 9.95. The number of nitrogens with zero attached hydrogens (tertiary/aromatic N) is 2. The van der Waals surface area contributed by atoms with Gasteiger partial charge in [0.05, 0.1) is 11.1 Å². The first-order chi connectivity index (χ1) is 8.30. The lowest BCUT2D eigenvalue weighted by Gasteiger charge is -2.06. The lowest BCUT2D eigenvalue weighted by atomic mass is 10.1.